The summed E-state index contributed by atoms with van der Waals surface area (Å²) in [5, 5.41) is 16.0. The highest BCUT2D eigenvalue weighted by Crippen LogP contribution is 2.37. The second-order valence-electron chi connectivity index (χ2n) is 6.16. The Morgan fingerprint density at radius 1 is 0.862 bits per heavy atom. The number of benzene rings is 3. The van der Waals surface area contributed by atoms with Crippen LogP contribution in [0.4, 0.5) is 17.1 Å². The topological polar surface area (TPSA) is 79.8 Å². The Morgan fingerprint density at radius 3 is 2.00 bits per heavy atom. The highest BCUT2D eigenvalue weighted by Gasteiger charge is 2.10. The van der Waals surface area contributed by atoms with Gasteiger partial charge in [-0.3, -0.25) is 4.79 Å². The SMILES string of the molecule is COc1cc(/C=C\C(=O)Nc2ccc(Nc3ccccc3)cc2)cc(OC)c1O. The lowest BCUT2D eigenvalue weighted by Gasteiger charge is -2.09. The molecule has 29 heavy (non-hydrogen) atoms. The van der Waals surface area contributed by atoms with Gasteiger partial charge in [0.15, 0.2) is 11.5 Å². The van der Waals surface area contributed by atoms with Crippen molar-refractivity contribution in [3.63, 3.8) is 0 Å². The number of amides is 1. The summed E-state index contributed by atoms with van der Waals surface area (Å²) < 4.78 is 10.2. The molecule has 6 nitrogen and oxygen atoms in total. The van der Waals surface area contributed by atoms with E-state index in [4.69, 9.17) is 9.47 Å². The van der Waals surface area contributed by atoms with Gasteiger partial charge in [-0.25, -0.2) is 0 Å². The quantitative estimate of drug-likeness (QED) is 0.505. The molecule has 3 aromatic rings. The Labute approximate surface area is 169 Å². The molecule has 148 valence electrons. The molecule has 3 rings (SSSR count). The van der Waals surface area contributed by atoms with Crippen LogP contribution in [0.5, 0.6) is 17.2 Å². The lowest BCUT2D eigenvalue weighted by molar-refractivity contribution is -0.111. The summed E-state index contributed by atoms with van der Waals surface area (Å²) in [4.78, 5) is 12.2. The molecule has 0 unspecified atom stereocenters. The zero-order valence-electron chi connectivity index (χ0n) is 16.2. The second-order valence-corrected chi connectivity index (χ2v) is 6.16. The molecule has 0 saturated heterocycles. The van der Waals surface area contributed by atoms with E-state index in [1.807, 2.05) is 54.6 Å². The summed E-state index contributed by atoms with van der Waals surface area (Å²) in [6.07, 6.45) is 3.02. The highest BCUT2D eigenvalue weighted by molar-refractivity contribution is 6.02. The zero-order chi connectivity index (χ0) is 20.6. The molecule has 0 aliphatic carbocycles. The van der Waals surface area contributed by atoms with Crippen molar-refractivity contribution in [2.75, 3.05) is 24.9 Å². The average molecular weight is 390 g/mol. The van der Waals surface area contributed by atoms with Crippen LogP contribution in [0.1, 0.15) is 5.56 Å². The maximum absolute atomic E-state index is 12.2. The molecule has 0 aromatic heterocycles. The second kappa shape index (κ2) is 9.32. The Morgan fingerprint density at radius 2 is 1.41 bits per heavy atom. The molecular formula is C23H22N2O4. The van der Waals surface area contributed by atoms with Gasteiger partial charge in [-0.1, -0.05) is 18.2 Å². The average Bonchev–Trinajstić information content (AvgIpc) is 2.75. The number of rotatable bonds is 7. The third-order valence-corrected chi connectivity index (χ3v) is 4.14. The molecule has 0 heterocycles. The minimum atomic E-state index is -0.278. The maximum Gasteiger partial charge on any atom is 0.248 e. The van der Waals surface area contributed by atoms with Crippen molar-refractivity contribution in [3.8, 4) is 17.2 Å². The van der Waals surface area contributed by atoms with Crippen LogP contribution < -0.4 is 20.1 Å². The van der Waals surface area contributed by atoms with Gasteiger partial charge in [0.1, 0.15) is 0 Å². The zero-order valence-corrected chi connectivity index (χ0v) is 16.2. The normalized spacial score (nSPS) is 10.6. The van der Waals surface area contributed by atoms with Crippen LogP contribution in [-0.2, 0) is 4.79 Å². The molecule has 3 N–H and O–H groups in total. The van der Waals surface area contributed by atoms with Gasteiger partial charge in [0.2, 0.25) is 11.7 Å². The number of hydrogen-bond acceptors (Lipinski definition) is 5. The van der Waals surface area contributed by atoms with Gasteiger partial charge in [-0.05, 0) is 60.2 Å². The monoisotopic (exact) mass is 390 g/mol. The Hall–Kier alpha value is -3.93. The number of phenols is 1. The number of aromatic hydroxyl groups is 1. The van der Waals surface area contributed by atoms with Crippen LogP contribution in [0.2, 0.25) is 0 Å². The van der Waals surface area contributed by atoms with Gasteiger partial charge >= 0.3 is 0 Å². The first-order valence-corrected chi connectivity index (χ1v) is 8.95. The maximum atomic E-state index is 12.2. The van der Waals surface area contributed by atoms with Gasteiger partial charge in [-0.2, -0.15) is 0 Å². The van der Waals surface area contributed by atoms with E-state index in [0.29, 0.717) is 11.3 Å². The number of para-hydroxylation sites is 1. The van der Waals surface area contributed by atoms with Gasteiger partial charge in [-0.15, -0.1) is 0 Å². The minimum Gasteiger partial charge on any atom is -0.502 e. The van der Waals surface area contributed by atoms with Gasteiger partial charge in [0, 0.05) is 23.1 Å². The minimum absolute atomic E-state index is 0.0826. The van der Waals surface area contributed by atoms with Crippen molar-refractivity contribution in [1.82, 2.24) is 0 Å². The van der Waals surface area contributed by atoms with E-state index < -0.39 is 0 Å². The fourth-order valence-electron chi connectivity index (χ4n) is 2.69. The molecule has 0 radical (unpaired) electrons. The summed E-state index contributed by atoms with van der Waals surface area (Å²) in [5.41, 5.74) is 3.26. The molecule has 0 saturated carbocycles. The van der Waals surface area contributed by atoms with Crippen LogP contribution in [0, 0.1) is 0 Å². The number of methoxy groups -OCH3 is 2. The van der Waals surface area contributed by atoms with E-state index in [0.717, 1.165) is 11.4 Å². The molecular weight excluding hydrogens is 368 g/mol. The predicted molar refractivity (Wildman–Crippen MR) is 115 cm³/mol. The molecule has 1 amide bonds. The molecule has 6 heteroatoms. The van der Waals surface area contributed by atoms with Crippen molar-refractivity contribution >= 4 is 29.0 Å². The summed E-state index contributed by atoms with van der Waals surface area (Å²) in [6.45, 7) is 0. The number of ether oxygens (including phenoxy) is 2. The van der Waals surface area contributed by atoms with Crippen LogP contribution >= 0.6 is 0 Å². The molecule has 0 fully saturated rings. The lowest BCUT2D eigenvalue weighted by atomic mass is 10.1. The van der Waals surface area contributed by atoms with Crippen LogP contribution in [0.3, 0.4) is 0 Å². The molecule has 0 atom stereocenters. The summed E-state index contributed by atoms with van der Waals surface area (Å²) >= 11 is 0. The van der Waals surface area contributed by atoms with Crippen LogP contribution in [0.25, 0.3) is 6.08 Å². The predicted octanol–water partition coefficient (Wildman–Crippen LogP) is 4.80. The fourth-order valence-corrected chi connectivity index (χ4v) is 2.69. The Balaban J connectivity index is 1.63. The first kappa shape index (κ1) is 19.8. The first-order valence-electron chi connectivity index (χ1n) is 8.95. The van der Waals surface area contributed by atoms with Crippen LogP contribution in [0.15, 0.2) is 72.8 Å². The summed E-state index contributed by atoms with van der Waals surface area (Å²) in [7, 11) is 2.90. The fraction of sp³-hybridized carbons (Fsp3) is 0.0870. The summed E-state index contributed by atoms with van der Waals surface area (Å²) in [5.74, 6) is 0.178. The molecule has 0 aliphatic rings. The molecule has 0 spiro atoms. The molecule has 3 aromatic carbocycles. The smallest absolute Gasteiger partial charge is 0.248 e. The van der Waals surface area contributed by atoms with E-state index in [2.05, 4.69) is 10.6 Å². The number of hydrogen-bond donors (Lipinski definition) is 3. The number of nitrogens with one attached hydrogen (secondary N) is 2. The van der Waals surface area contributed by atoms with E-state index in [1.165, 1.54) is 20.3 Å². The molecule has 0 bridgehead atoms. The van der Waals surface area contributed by atoms with E-state index in [-0.39, 0.29) is 23.2 Å². The van der Waals surface area contributed by atoms with Crippen LogP contribution in [-0.4, -0.2) is 25.2 Å². The third kappa shape index (κ3) is 5.29. The van der Waals surface area contributed by atoms with Gasteiger partial charge in [0.05, 0.1) is 14.2 Å². The number of phenolic OH excluding ortho intramolecular Hbond substituents is 1. The summed E-state index contributed by atoms with van der Waals surface area (Å²) in [6, 6.07) is 20.5. The Kier molecular flexibility index (Phi) is 6.37. The third-order valence-electron chi connectivity index (χ3n) is 4.14. The number of carbonyl (C=O) groups excluding carboxylic acids is 1. The van der Waals surface area contributed by atoms with Gasteiger partial charge < -0.3 is 25.2 Å². The lowest BCUT2D eigenvalue weighted by Crippen LogP contribution is -2.07. The number of carbonyl (C=O) groups is 1. The standard InChI is InChI=1S/C23H22N2O4/c1-28-20-14-16(15-21(29-2)23(20)27)8-13-22(26)25-19-11-9-18(10-12-19)24-17-6-4-3-5-7-17/h3-15,24,27H,1-2H3,(H,25,26)/b13-8-. The Bertz CT molecular complexity index is 974. The van der Waals surface area contributed by atoms with Gasteiger partial charge in [0.25, 0.3) is 0 Å². The van der Waals surface area contributed by atoms with Crippen molar-refractivity contribution in [1.29, 1.82) is 0 Å². The first-order chi connectivity index (χ1) is 14.1. The highest BCUT2D eigenvalue weighted by atomic mass is 16.5. The van der Waals surface area contributed by atoms with E-state index >= 15 is 0 Å². The molecule has 0 aliphatic heterocycles. The van der Waals surface area contributed by atoms with E-state index in [1.54, 1.807) is 18.2 Å². The van der Waals surface area contributed by atoms with Crippen molar-refractivity contribution in [3.05, 3.63) is 78.4 Å². The van der Waals surface area contributed by atoms with Crippen molar-refractivity contribution < 1.29 is 19.4 Å². The van der Waals surface area contributed by atoms with Crippen molar-refractivity contribution in [2.45, 2.75) is 0 Å². The van der Waals surface area contributed by atoms with E-state index in [9.17, 15) is 9.90 Å². The van der Waals surface area contributed by atoms with Crippen molar-refractivity contribution in [2.24, 2.45) is 0 Å². The number of anilines is 3. The largest absolute Gasteiger partial charge is 0.502 e.